The molecule has 0 spiro atoms. The lowest BCUT2D eigenvalue weighted by molar-refractivity contribution is 0.159. The van der Waals surface area contributed by atoms with E-state index >= 15 is 0 Å². The number of urea groups is 1. The molecule has 2 amide bonds. The number of amides is 2. The van der Waals surface area contributed by atoms with Crippen molar-refractivity contribution in [3.05, 3.63) is 22.4 Å². The molecule has 5 heteroatoms. The maximum absolute atomic E-state index is 11.9. The fourth-order valence-electron chi connectivity index (χ4n) is 3.06. The Morgan fingerprint density at radius 1 is 1.50 bits per heavy atom. The third-order valence-corrected chi connectivity index (χ3v) is 5.08. The van der Waals surface area contributed by atoms with E-state index < -0.39 is 0 Å². The van der Waals surface area contributed by atoms with Crippen LogP contribution in [-0.4, -0.2) is 42.6 Å². The van der Waals surface area contributed by atoms with Crippen LogP contribution in [0.5, 0.6) is 0 Å². The zero-order valence-electron chi connectivity index (χ0n) is 13.8. The lowest BCUT2D eigenvalue weighted by atomic mass is 10.0. The zero-order chi connectivity index (χ0) is 15.8. The van der Waals surface area contributed by atoms with Crippen LogP contribution in [0.15, 0.2) is 16.8 Å². The van der Waals surface area contributed by atoms with E-state index in [1.807, 2.05) is 6.92 Å². The van der Waals surface area contributed by atoms with Crippen LogP contribution in [0, 0.1) is 0 Å². The van der Waals surface area contributed by atoms with Gasteiger partial charge in [-0.3, -0.25) is 0 Å². The van der Waals surface area contributed by atoms with E-state index in [4.69, 9.17) is 0 Å². The van der Waals surface area contributed by atoms with E-state index in [1.165, 1.54) is 31.4 Å². The van der Waals surface area contributed by atoms with Crippen molar-refractivity contribution in [3.8, 4) is 0 Å². The molecular formula is C17H29N3OS. The summed E-state index contributed by atoms with van der Waals surface area (Å²) in [7, 11) is 0. The zero-order valence-corrected chi connectivity index (χ0v) is 14.6. The van der Waals surface area contributed by atoms with E-state index in [1.54, 1.807) is 11.3 Å². The van der Waals surface area contributed by atoms with Crippen LogP contribution in [0.3, 0.4) is 0 Å². The highest BCUT2D eigenvalue weighted by molar-refractivity contribution is 7.07. The van der Waals surface area contributed by atoms with Crippen LogP contribution in [0.2, 0.25) is 0 Å². The molecule has 2 atom stereocenters. The van der Waals surface area contributed by atoms with Crippen molar-refractivity contribution in [2.75, 3.05) is 19.6 Å². The van der Waals surface area contributed by atoms with Crippen molar-refractivity contribution in [2.45, 2.75) is 58.0 Å². The summed E-state index contributed by atoms with van der Waals surface area (Å²) < 4.78 is 0. The molecule has 1 fully saturated rings. The lowest BCUT2D eigenvalue weighted by Gasteiger charge is -2.33. The molecule has 22 heavy (non-hydrogen) atoms. The maximum atomic E-state index is 11.9. The molecule has 0 aliphatic carbocycles. The van der Waals surface area contributed by atoms with Gasteiger partial charge < -0.3 is 15.5 Å². The van der Waals surface area contributed by atoms with E-state index in [0.29, 0.717) is 6.04 Å². The molecule has 1 aromatic heterocycles. The summed E-state index contributed by atoms with van der Waals surface area (Å²) in [6.07, 6.45) is 5.91. The van der Waals surface area contributed by atoms with Crippen molar-refractivity contribution < 1.29 is 4.79 Å². The van der Waals surface area contributed by atoms with Crippen molar-refractivity contribution in [2.24, 2.45) is 0 Å². The summed E-state index contributed by atoms with van der Waals surface area (Å²) >= 11 is 1.70. The molecule has 2 N–H and O–H groups in total. The average Bonchev–Trinajstić information content (AvgIpc) is 2.98. The number of carbonyl (C=O) groups is 1. The van der Waals surface area contributed by atoms with Crippen LogP contribution in [-0.2, 0) is 6.42 Å². The van der Waals surface area contributed by atoms with Gasteiger partial charge in [0.2, 0.25) is 0 Å². The standard InChI is InChI=1S/C17H29N3OS/c1-14(12-16-7-11-22-13-16)19-17(21)18-8-5-10-20-9-4-3-6-15(20)2/h7,11,13-15H,3-6,8-10,12H2,1-2H3,(H2,18,19,21)/t14-,15-/m1/s1. The van der Waals surface area contributed by atoms with Crippen LogP contribution >= 0.6 is 11.3 Å². The van der Waals surface area contributed by atoms with E-state index in [-0.39, 0.29) is 12.1 Å². The molecule has 2 heterocycles. The predicted molar refractivity (Wildman–Crippen MR) is 93.5 cm³/mol. The van der Waals surface area contributed by atoms with Gasteiger partial charge in [0.25, 0.3) is 0 Å². The van der Waals surface area contributed by atoms with Crippen LogP contribution < -0.4 is 10.6 Å². The number of likely N-dealkylation sites (tertiary alicyclic amines) is 1. The molecule has 0 saturated carbocycles. The molecule has 0 aromatic carbocycles. The second-order valence-corrected chi connectivity index (χ2v) is 7.15. The van der Waals surface area contributed by atoms with Gasteiger partial charge in [0.1, 0.15) is 0 Å². The number of thiophene rings is 1. The smallest absolute Gasteiger partial charge is 0.315 e. The first-order valence-corrected chi connectivity index (χ1v) is 9.39. The number of carbonyl (C=O) groups excluding carboxylic acids is 1. The van der Waals surface area contributed by atoms with Crippen molar-refractivity contribution in [1.29, 1.82) is 0 Å². The van der Waals surface area contributed by atoms with Crippen molar-refractivity contribution >= 4 is 17.4 Å². The van der Waals surface area contributed by atoms with Gasteiger partial charge in [-0.05, 0) is 68.5 Å². The molecule has 0 radical (unpaired) electrons. The van der Waals surface area contributed by atoms with Gasteiger partial charge in [-0.1, -0.05) is 6.42 Å². The molecule has 1 aromatic rings. The lowest BCUT2D eigenvalue weighted by Crippen LogP contribution is -2.43. The molecule has 0 bridgehead atoms. The minimum atomic E-state index is -0.0468. The van der Waals surface area contributed by atoms with E-state index in [0.717, 1.165) is 25.9 Å². The average molecular weight is 324 g/mol. The highest BCUT2D eigenvalue weighted by atomic mass is 32.1. The number of rotatable bonds is 7. The Bertz CT molecular complexity index is 435. The van der Waals surface area contributed by atoms with E-state index in [2.05, 4.69) is 39.3 Å². The van der Waals surface area contributed by atoms with Gasteiger partial charge in [-0.25, -0.2) is 4.79 Å². The Hall–Kier alpha value is -1.07. The maximum Gasteiger partial charge on any atom is 0.315 e. The van der Waals surface area contributed by atoms with Gasteiger partial charge >= 0.3 is 6.03 Å². The van der Waals surface area contributed by atoms with Gasteiger partial charge in [0.05, 0.1) is 0 Å². The van der Waals surface area contributed by atoms with Crippen LogP contribution in [0.25, 0.3) is 0 Å². The molecule has 1 saturated heterocycles. The fraction of sp³-hybridized carbons (Fsp3) is 0.706. The summed E-state index contributed by atoms with van der Waals surface area (Å²) in [6.45, 7) is 7.41. The number of nitrogens with zero attached hydrogens (tertiary/aromatic N) is 1. The molecule has 0 unspecified atom stereocenters. The van der Waals surface area contributed by atoms with Crippen molar-refractivity contribution in [1.82, 2.24) is 15.5 Å². The first-order valence-electron chi connectivity index (χ1n) is 8.44. The Kier molecular flexibility index (Phi) is 7.19. The minimum Gasteiger partial charge on any atom is -0.338 e. The topological polar surface area (TPSA) is 44.4 Å². The summed E-state index contributed by atoms with van der Waals surface area (Å²) in [6, 6.07) is 2.93. The first-order chi connectivity index (χ1) is 10.6. The normalized spacial score (nSPS) is 20.5. The quantitative estimate of drug-likeness (QED) is 0.757. The molecular weight excluding hydrogens is 294 g/mol. The second kappa shape index (κ2) is 9.16. The first kappa shape index (κ1) is 17.3. The highest BCUT2D eigenvalue weighted by Crippen LogP contribution is 2.16. The number of nitrogens with one attached hydrogen (secondary N) is 2. The predicted octanol–water partition coefficient (Wildman–Crippen LogP) is 3.24. The third-order valence-electron chi connectivity index (χ3n) is 4.35. The van der Waals surface area contributed by atoms with E-state index in [9.17, 15) is 4.79 Å². The van der Waals surface area contributed by atoms with Crippen molar-refractivity contribution in [3.63, 3.8) is 0 Å². The summed E-state index contributed by atoms with van der Waals surface area (Å²) in [5.74, 6) is 0. The summed E-state index contributed by atoms with van der Waals surface area (Å²) in [5, 5.41) is 10.2. The number of hydrogen-bond acceptors (Lipinski definition) is 3. The Balaban J connectivity index is 1.55. The summed E-state index contributed by atoms with van der Waals surface area (Å²) in [4.78, 5) is 14.4. The second-order valence-electron chi connectivity index (χ2n) is 6.37. The number of hydrogen-bond donors (Lipinski definition) is 2. The monoisotopic (exact) mass is 323 g/mol. The Morgan fingerprint density at radius 2 is 2.36 bits per heavy atom. The SMILES string of the molecule is C[C@H](Cc1ccsc1)NC(=O)NCCCN1CCCC[C@H]1C. The minimum absolute atomic E-state index is 0.0468. The van der Waals surface area contributed by atoms with Gasteiger partial charge in [0.15, 0.2) is 0 Å². The highest BCUT2D eigenvalue weighted by Gasteiger charge is 2.17. The Labute approximate surface area is 138 Å². The summed E-state index contributed by atoms with van der Waals surface area (Å²) in [5.41, 5.74) is 1.29. The van der Waals surface area contributed by atoms with Gasteiger partial charge in [-0.15, -0.1) is 0 Å². The van der Waals surface area contributed by atoms with Gasteiger partial charge in [-0.2, -0.15) is 11.3 Å². The molecule has 1 aliphatic heterocycles. The van der Waals surface area contributed by atoms with Crippen LogP contribution in [0.1, 0.15) is 45.1 Å². The number of piperidine rings is 1. The fourth-order valence-corrected chi connectivity index (χ4v) is 3.74. The largest absolute Gasteiger partial charge is 0.338 e. The third kappa shape index (κ3) is 5.97. The molecule has 4 nitrogen and oxygen atoms in total. The molecule has 2 rings (SSSR count). The van der Waals surface area contributed by atoms with Crippen LogP contribution in [0.4, 0.5) is 4.79 Å². The Morgan fingerprint density at radius 3 is 3.09 bits per heavy atom. The molecule has 1 aliphatic rings. The molecule has 124 valence electrons. The van der Waals surface area contributed by atoms with Gasteiger partial charge in [0, 0.05) is 25.2 Å².